The number of benzene rings is 1. The van der Waals surface area contributed by atoms with Gasteiger partial charge in [0.1, 0.15) is 0 Å². The van der Waals surface area contributed by atoms with Crippen LogP contribution < -0.4 is 5.73 Å². The maximum absolute atomic E-state index is 5.77. The smallest absolute Gasteiger partial charge is 0.0348 e. The molecular formula is C13H13NS. The fourth-order valence-electron chi connectivity index (χ4n) is 2.06. The lowest BCUT2D eigenvalue weighted by molar-refractivity contribution is 0.547. The van der Waals surface area contributed by atoms with Crippen molar-refractivity contribution in [1.29, 1.82) is 0 Å². The van der Waals surface area contributed by atoms with Crippen molar-refractivity contribution in [1.82, 2.24) is 0 Å². The number of hydrogen-bond donors (Lipinski definition) is 1. The highest BCUT2D eigenvalue weighted by molar-refractivity contribution is 7.17. The molecule has 0 unspecified atom stereocenters. The first-order chi connectivity index (χ1) is 7.33. The summed E-state index contributed by atoms with van der Waals surface area (Å²) in [5.41, 5.74) is 8.62. The Morgan fingerprint density at radius 2 is 2.07 bits per heavy atom. The normalized spacial score (nSPS) is 20.3. The third kappa shape index (κ3) is 1.60. The molecular weight excluding hydrogens is 202 g/mol. The predicted octanol–water partition coefficient (Wildman–Crippen LogP) is 3.41. The van der Waals surface area contributed by atoms with Crippen LogP contribution in [-0.2, 0) is 0 Å². The molecule has 1 nitrogen and oxygen atoms in total. The van der Waals surface area contributed by atoms with Crippen molar-refractivity contribution in [3.8, 4) is 0 Å². The summed E-state index contributed by atoms with van der Waals surface area (Å²) < 4.78 is 1.37. The van der Waals surface area contributed by atoms with Gasteiger partial charge in [-0.05, 0) is 35.2 Å². The van der Waals surface area contributed by atoms with E-state index >= 15 is 0 Å². The first kappa shape index (κ1) is 9.13. The average Bonchev–Trinajstić information content (AvgIpc) is 2.60. The van der Waals surface area contributed by atoms with Gasteiger partial charge < -0.3 is 5.73 Å². The lowest BCUT2D eigenvalue weighted by Crippen LogP contribution is -2.29. The molecule has 76 valence electrons. The zero-order valence-electron chi connectivity index (χ0n) is 8.44. The predicted molar refractivity (Wildman–Crippen MR) is 67.0 cm³/mol. The molecule has 0 aliphatic heterocycles. The molecule has 0 atom stereocenters. The summed E-state index contributed by atoms with van der Waals surface area (Å²) in [7, 11) is 0. The summed E-state index contributed by atoms with van der Waals surface area (Å²) in [4.78, 5) is 0. The van der Waals surface area contributed by atoms with Crippen molar-refractivity contribution in [3.63, 3.8) is 0 Å². The summed E-state index contributed by atoms with van der Waals surface area (Å²) in [5, 5.41) is 3.61. The van der Waals surface area contributed by atoms with Crippen molar-refractivity contribution >= 4 is 27.5 Å². The lowest BCUT2D eigenvalue weighted by Gasteiger charge is -2.25. The Morgan fingerprint density at radius 3 is 2.87 bits per heavy atom. The van der Waals surface area contributed by atoms with Gasteiger partial charge in [0.05, 0.1) is 0 Å². The Kier molecular flexibility index (Phi) is 2.11. The molecule has 1 fully saturated rings. The van der Waals surface area contributed by atoms with Crippen LogP contribution in [-0.4, -0.2) is 6.04 Å². The summed E-state index contributed by atoms with van der Waals surface area (Å²) in [6.45, 7) is 0. The van der Waals surface area contributed by atoms with Crippen LogP contribution in [0.2, 0.25) is 0 Å². The second kappa shape index (κ2) is 3.47. The number of nitrogens with two attached hydrogens (primary N) is 1. The maximum atomic E-state index is 5.77. The second-order valence-electron chi connectivity index (χ2n) is 4.16. The van der Waals surface area contributed by atoms with Gasteiger partial charge in [0.2, 0.25) is 0 Å². The van der Waals surface area contributed by atoms with Gasteiger partial charge in [-0.1, -0.05) is 29.8 Å². The van der Waals surface area contributed by atoms with E-state index in [0.29, 0.717) is 6.04 Å². The molecule has 0 spiro atoms. The molecule has 1 heterocycles. The van der Waals surface area contributed by atoms with Gasteiger partial charge in [0.25, 0.3) is 0 Å². The third-order valence-electron chi connectivity index (χ3n) is 2.92. The van der Waals surface area contributed by atoms with E-state index in [0.717, 1.165) is 12.8 Å². The van der Waals surface area contributed by atoms with E-state index in [4.69, 9.17) is 5.73 Å². The Morgan fingerprint density at radius 1 is 1.27 bits per heavy atom. The van der Waals surface area contributed by atoms with Gasteiger partial charge in [0.15, 0.2) is 0 Å². The van der Waals surface area contributed by atoms with Gasteiger partial charge >= 0.3 is 0 Å². The van der Waals surface area contributed by atoms with Gasteiger partial charge in [-0.3, -0.25) is 0 Å². The van der Waals surface area contributed by atoms with Crippen LogP contribution in [0.3, 0.4) is 0 Å². The minimum absolute atomic E-state index is 0.404. The first-order valence-electron chi connectivity index (χ1n) is 5.24. The minimum Gasteiger partial charge on any atom is -0.327 e. The standard InChI is InChI=1S/C13H13NS/c14-11-6-9(7-11)5-10-8-15-13-4-2-1-3-12(10)13/h1-5,8,11H,6-7,14H2. The van der Waals surface area contributed by atoms with Gasteiger partial charge in [-0.15, -0.1) is 11.3 Å². The largest absolute Gasteiger partial charge is 0.327 e. The molecule has 1 aliphatic rings. The highest BCUT2D eigenvalue weighted by atomic mass is 32.1. The third-order valence-corrected chi connectivity index (χ3v) is 3.90. The number of hydrogen-bond acceptors (Lipinski definition) is 2. The summed E-state index contributed by atoms with van der Waals surface area (Å²) in [6.07, 6.45) is 4.45. The van der Waals surface area contributed by atoms with Gasteiger partial charge in [-0.2, -0.15) is 0 Å². The fraction of sp³-hybridized carbons (Fsp3) is 0.231. The summed E-state index contributed by atoms with van der Waals surface area (Å²) >= 11 is 1.82. The van der Waals surface area contributed by atoms with Crippen LogP contribution in [0.5, 0.6) is 0 Å². The topological polar surface area (TPSA) is 26.0 Å². The average molecular weight is 215 g/mol. The van der Waals surface area contributed by atoms with Gasteiger partial charge in [-0.25, -0.2) is 0 Å². The van der Waals surface area contributed by atoms with Gasteiger partial charge in [0, 0.05) is 10.7 Å². The molecule has 2 aromatic rings. The highest BCUT2D eigenvalue weighted by Crippen LogP contribution is 2.32. The molecule has 15 heavy (non-hydrogen) atoms. The maximum Gasteiger partial charge on any atom is 0.0348 e. The monoisotopic (exact) mass is 215 g/mol. The number of thiophene rings is 1. The van der Waals surface area contributed by atoms with Crippen LogP contribution >= 0.6 is 11.3 Å². The second-order valence-corrected chi connectivity index (χ2v) is 5.07. The zero-order chi connectivity index (χ0) is 10.3. The quantitative estimate of drug-likeness (QED) is 0.775. The molecule has 0 saturated heterocycles. The molecule has 0 radical (unpaired) electrons. The molecule has 0 bridgehead atoms. The van der Waals surface area contributed by atoms with Crippen LogP contribution in [0.1, 0.15) is 18.4 Å². The van der Waals surface area contributed by atoms with E-state index in [1.54, 1.807) is 0 Å². The lowest BCUT2D eigenvalue weighted by atomic mass is 9.86. The van der Waals surface area contributed by atoms with E-state index in [1.165, 1.54) is 21.2 Å². The highest BCUT2D eigenvalue weighted by Gasteiger charge is 2.18. The van der Waals surface area contributed by atoms with E-state index < -0.39 is 0 Å². The van der Waals surface area contributed by atoms with Crippen LogP contribution in [0.25, 0.3) is 16.2 Å². The SMILES string of the molecule is NC1CC(=Cc2csc3ccccc23)C1. The molecule has 1 aliphatic carbocycles. The van der Waals surface area contributed by atoms with E-state index in [2.05, 4.69) is 35.7 Å². The molecule has 3 rings (SSSR count). The zero-order valence-corrected chi connectivity index (χ0v) is 9.26. The van der Waals surface area contributed by atoms with E-state index in [9.17, 15) is 0 Å². The minimum atomic E-state index is 0.404. The number of rotatable bonds is 1. The van der Waals surface area contributed by atoms with Crippen LogP contribution in [0, 0.1) is 0 Å². The Balaban J connectivity index is 2.01. The van der Waals surface area contributed by atoms with Crippen LogP contribution in [0.4, 0.5) is 0 Å². The number of fused-ring (bicyclic) bond motifs is 1. The van der Waals surface area contributed by atoms with Crippen molar-refractivity contribution in [2.24, 2.45) is 5.73 Å². The Hall–Kier alpha value is -1.12. The van der Waals surface area contributed by atoms with Crippen molar-refractivity contribution in [2.45, 2.75) is 18.9 Å². The van der Waals surface area contributed by atoms with E-state index in [-0.39, 0.29) is 0 Å². The molecule has 2 heteroatoms. The van der Waals surface area contributed by atoms with E-state index in [1.807, 2.05) is 11.3 Å². The van der Waals surface area contributed by atoms with Crippen molar-refractivity contribution < 1.29 is 0 Å². The van der Waals surface area contributed by atoms with Crippen molar-refractivity contribution in [2.75, 3.05) is 0 Å². The molecule has 1 saturated carbocycles. The molecule has 1 aromatic carbocycles. The molecule has 1 aromatic heterocycles. The summed E-state index contributed by atoms with van der Waals surface area (Å²) in [5.74, 6) is 0. The van der Waals surface area contributed by atoms with Crippen LogP contribution in [0.15, 0.2) is 35.2 Å². The fourth-order valence-corrected chi connectivity index (χ4v) is 2.98. The summed E-state index contributed by atoms with van der Waals surface area (Å²) in [6, 6.07) is 8.96. The Bertz CT molecular complexity index is 516. The first-order valence-corrected chi connectivity index (χ1v) is 6.12. The Labute approximate surface area is 93.2 Å². The molecule has 0 amide bonds. The molecule has 2 N–H and O–H groups in total. The van der Waals surface area contributed by atoms with Crippen molar-refractivity contribution in [3.05, 3.63) is 40.8 Å².